The van der Waals surface area contributed by atoms with Crippen LogP contribution in [0.1, 0.15) is 6.92 Å². The van der Waals surface area contributed by atoms with Crippen LogP contribution >= 0.6 is 0 Å². The second-order valence-electron chi connectivity index (χ2n) is 4.50. The van der Waals surface area contributed by atoms with Gasteiger partial charge >= 0.3 is 0 Å². The fraction of sp³-hybridized carbons (Fsp3) is 0.900. The molecule has 2 aliphatic heterocycles. The molecule has 14 heavy (non-hydrogen) atoms. The molecule has 2 saturated heterocycles. The fourth-order valence-electron chi connectivity index (χ4n) is 2.13. The van der Waals surface area contributed by atoms with Crippen LogP contribution in [-0.4, -0.2) is 50.1 Å². The zero-order valence-electron chi connectivity index (χ0n) is 8.92. The van der Waals surface area contributed by atoms with Crippen LogP contribution in [0.5, 0.6) is 0 Å². The molecule has 2 atom stereocenters. The summed E-state index contributed by atoms with van der Waals surface area (Å²) in [5.74, 6) is 0.993. The summed E-state index contributed by atoms with van der Waals surface area (Å²) in [5, 5.41) is 6.46. The maximum Gasteiger partial charge on any atom is 0.227 e. The molecule has 2 heterocycles. The Hall–Kier alpha value is -0.610. The van der Waals surface area contributed by atoms with Gasteiger partial charge in [0.1, 0.15) is 0 Å². The highest BCUT2D eigenvalue weighted by Crippen LogP contribution is 2.19. The van der Waals surface area contributed by atoms with Crippen molar-refractivity contribution in [2.24, 2.45) is 11.8 Å². The van der Waals surface area contributed by atoms with E-state index in [1.54, 1.807) is 0 Å². The van der Waals surface area contributed by atoms with E-state index in [4.69, 9.17) is 0 Å². The third-order valence-electron chi connectivity index (χ3n) is 3.49. The van der Waals surface area contributed by atoms with Crippen molar-refractivity contribution in [2.75, 3.05) is 33.2 Å². The molecule has 1 amide bonds. The van der Waals surface area contributed by atoms with Crippen molar-refractivity contribution < 1.29 is 4.79 Å². The fourth-order valence-corrected chi connectivity index (χ4v) is 2.13. The molecule has 80 valence electrons. The Morgan fingerprint density at radius 3 is 2.29 bits per heavy atom. The molecule has 0 aromatic rings. The summed E-state index contributed by atoms with van der Waals surface area (Å²) in [6.45, 7) is 5.89. The van der Waals surface area contributed by atoms with E-state index in [1.165, 1.54) is 0 Å². The zero-order valence-corrected chi connectivity index (χ0v) is 8.92. The lowest BCUT2D eigenvalue weighted by Gasteiger charge is -2.37. The average Bonchev–Trinajstić information content (AvgIpc) is 2.47. The van der Waals surface area contributed by atoms with Crippen LogP contribution in [0.15, 0.2) is 0 Å². The molecular weight excluding hydrogens is 178 g/mol. The van der Waals surface area contributed by atoms with E-state index < -0.39 is 0 Å². The van der Waals surface area contributed by atoms with Gasteiger partial charge in [0, 0.05) is 26.7 Å². The van der Waals surface area contributed by atoms with Crippen molar-refractivity contribution >= 4 is 5.91 Å². The first-order valence-corrected chi connectivity index (χ1v) is 5.38. The molecule has 2 rings (SSSR count). The number of hydrogen-bond acceptors (Lipinski definition) is 3. The second-order valence-corrected chi connectivity index (χ2v) is 4.50. The third-order valence-corrected chi connectivity index (χ3v) is 3.49. The number of nitrogens with one attached hydrogen (secondary N) is 2. The van der Waals surface area contributed by atoms with E-state index in [0.717, 1.165) is 26.2 Å². The Balaban J connectivity index is 1.92. The van der Waals surface area contributed by atoms with Crippen molar-refractivity contribution in [2.45, 2.75) is 13.0 Å². The van der Waals surface area contributed by atoms with Crippen molar-refractivity contribution in [3.05, 3.63) is 0 Å². The molecule has 2 aliphatic rings. The summed E-state index contributed by atoms with van der Waals surface area (Å²) in [7, 11) is 1.93. The number of nitrogens with zero attached hydrogens (tertiary/aromatic N) is 1. The quantitative estimate of drug-likeness (QED) is 0.613. The van der Waals surface area contributed by atoms with Gasteiger partial charge < -0.3 is 15.5 Å². The highest BCUT2D eigenvalue weighted by molar-refractivity contribution is 5.80. The number of hydrogen-bond donors (Lipinski definition) is 2. The van der Waals surface area contributed by atoms with E-state index in [9.17, 15) is 4.79 Å². The first-order valence-electron chi connectivity index (χ1n) is 5.38. The highest BCUT2D eigenvalue weighted by Gasteiger charge is 2.35. The molecule has 2 N–H and O–H groups in total. The predicted octanol–water partition coefficient (Wildman–Crippen LogP) is -0.728. The Kier molecular flexibility index (Phi) is 2.74. The minimum absolute atomic E-state index is 0.195. The Morgan fingerprint density at radius 1 is 1.21 bits per heavy atom. The van der Waals surface area contributed by atoms with Gasteiger partial charge in [0.25, 0.3) is 0 Å². The molecule has 0 radical (unpaired) electrons. The van der Waals surface area contributed by atoms with Crippen LogP contribution < -0.4 is 10.6 Å². The van der Waals surface area contributed by atoms with E-state index in [0.29, 0.717) is 17.9 Å². The third kappa shape index (κ3) is 1.64. The number of carbonyl (C=O) groups excluding carboxylic acids is 1. The first kappa shape index (κ1) is 9.93. The molecule has 2 fully saturated rings. The predicted molar refractivity (Wildman–Crippen MR) is 55.0 cm³/mol. The molecular formula is C10H19N3O. The van der Waals surface area contributed by atoms with Gasteiger partial charge in [-0.25, -0.2) is 0 Å². The first-order chi connectivity index (χ1) is 6.70. The Bertz CT molecular complexity index is 227. The van der Waals surface area contributed by atoms with E-state index in [-0.39, 0.29) is 5.92 Å². The van der Waals surface area contributed by atoms with Crippen LogP contribution in [0.2, 0.25) is 0 Å². The van der Waals surface area contributed by atoms with Gasteiger partial charge in [-0.1, -0.05) is 6.92 Å². The smallest absolute Gasteiger partial charge is 0.227 e. The second kappa shape index (κ2) is 3.87. The summed E-state index contributed by atoms with van der Waals surface area (Å²) < 4.78 is 0. The van der Waals surface area contributed by atoms with Crippen molar-refractivity contribution in [1.29, 1.82) is 0 Å². The lowest BCUT2D eigenvalue weighted by Crippen LogP contribution is -2.58. The monoisotopic (exact) mass is 197 g/mol. The lowest BCUT2D eigenvalue weighted by molar-refractivity contribution is -0.137. The SMILES string of the molecule is C[C@@H]1CNC[C@H]1C(=O)N(C)C1CNC1. The molecule has 0 saturated carbocycles. The largest absolute Gasteiger partial charge is 0.340 e. The van der Waals surface area contributed by atoms with Crippen molar-refractivity contribution in [3.63, 3.8) is 0 Å². The minimum Gasteiger partial charge on any atom is -0.340 e. The molecule has 0 unspecified atom stereocenters. The van der Waals surface area contributed by atoms with Crippen LogP contribution in [0, 0.1) is 11.8 Å². The van der Waals surface area contributed by atoms with Gasteiger partial charge in [0.05, 0.1) is 12.0 Å². The average molecular weight is 197 g/mol. The Morgan fingerprint density at radius 2 is 1.86 bits per heavy atom. The van der Waals surface area contributed by atoms with Gasteiger partial charge in [-0.05, 0) is 12.5 Å². The van der Waals surface area contributed by atoms with Crippen LogP contribution in [-0.2, 0) is 4.79 Å². The summed E-state index contributed by atoms with van der Waals surface area (Å²) in [4.78, 5) is 14.0. The maximum absolute atomic E-state index is 12.0. The van der Waals surface area contributed by atoms with E-state index in [2.05, 4.69) is 17.6 Å². The minimum atomic E-state index is 0.195. The maximum atomic E-state index is 12.0. The van der Waals surface area contributed by atoms with E-state index in [1.807, 2.05) is 11.9 Å². The summed E-state index contributed by atoms with van der Waals surface area (Å²) in [6, 6.07) is 0.426. The lowest BCUT2D eigenvalue weighted by atomic mass is 9.95. The molecule has 4 heteroatoms. The van der Waals surface area contributed by atoms with Crippen molar-refractivity contribution in [3.8, 4) is 0 Å². The summed E-state index contributed by atoms with van der Waals surface area (Å²) in [6.07, 6.45) is 0. The zero-order chi connectivity index (χ0) is 10.1. The van der Waals surface area contributed by atoms with E-state index >= 15 is 0 Å². The van der Waals surface area contributed by atoms with Crippen molar-refractivity contribution in [1.82, 2.24) is 15.5 Å². The topological polar surface area (TPSA) is 44.4 Å². The summed E-state index contributed by atoms with van der Waals surface area (Å²) in [5.41, 5.74) is 0. The van der Waals surface area contributed by atoms with Gasteiger partial charge in [0.15, 0.2) is 0 Å². The normalized spacial score (nSPS) is 32.7. The van der Waals surface area contributed by atoms with Crippen LogP contribution in [0.4, 0.5) is 0 Å². The molecule has 0 aromatic carbocycles. The number of carbonyl (C=O) groups is 1. The molecule has 0 aromatic heterocycles. The molecule has 0 spiro atoms. The number of amides is 1. The van der Waals surface area contributed by atoms with Crippen LogP contribution in [0.3, 0.4) is 0 Å². The standard InChI is InChI=1S/C10H19N3O/c1-7-3-11-6-9(7)10(14)13(2)8-4-12-5-8/h7-9,11-12H,3-6H2,1-2H3/t7-,9-/m1/s1. The highest BCUT2D eigenvalue weighted by atomic mass is 16.2. The molecule has 0 bridgehead atoms. The number of likely N-dealkylation sites (N-methyl/N-ethyl adjacent to an activating group) is 1. The van der Waals surface area contributed by atoms with Crippen LogP contribution in [0.25, 0.3) is 0 Å². The van der Waals surface area contributed by atoms with Gasteiger partial charge in [-0.3, -0.25) is 4.79 Å². The van der Waals surface area contributed by atoms with Gasteiger partial charge in [-0.15, -0.1) is 0 Å². The molecule has 0 aliphatic carbocycles. The number of rotatable bonds is 2. The van der Waals surface area contributed by atoms with Gasteiger partial charge in [0.2, 0.25) is 5.91 Å². The molecule has 4 nitrogen and oxygen atoms in total. The Labute approximate surface area is 85.0 Å². The summed E-state index contributed by atoms with van der Waals surface area (Å²) >= 11 is 0. The van der Waals surface area contributed by atoms with Gasteiger partial charge in [-0.2, -0.15) is 0 Å².